The Morgan fingerprint density at radius 2 is 2.36 bits per heavy atom. The second-order valence-electron chi connectivity index (χ2n) is 4.32. The first-order valence-corrected chi connectivity index (χ1v) is 5.25. The third-order valence-corrected chi connectivity index (χ3v) is 3.28. The minimum Gasteiger partial charge on any atom is -0.385 e. The summed E-state index contributed by atoms with van der Waals surface area (Å²) in [4.78, 5) is 13.9. The van der Waals surface area contributed by atoms with Crippen LogP contribution in [-0.4, -0.2) is 42.8 Å². The fraction of sp³-hybridized carbons (Fsp3) is 0.900. The molecule has 80 valence electrons. The maximum absolute atomic E-state index is 11.9. The van der Waals surface area contributed by atoms with Crippen molar-refractivity contribution in [3.63, 3.8) is 0 Å². The van der Waals surface area contributed by atoms with E-state index in [0.29, 0.717) is 12.6 Å². The molecule has 1 spiro atoms. The van der Waals surface area contributed by atoms with Crippen molar-refractivity contribution in [1.82, 2.24) is 10.2 Å². The summed E-state index contributed by atoms with van der Waals surface area (Å²) in [7, 11) is 1.69. The molecule has 1 saturated carbocycles. The Bertz CT molecular complexity index is 238. The maximum Gasteiger partial charge on any atom is 0.244 e. The van der Waals surface area contributed by atoms with E-state index in [4.69, 9.17) is 4.74 Å². The molecule has 2 fully saturated rings. The Morgan fingerprint density at radius 3 is 2.86 bits per heavy atom. The highest BCUT2D eigenvalue weighted by molar-refractivity contribution is 5.91. The molecule has 4 heteroatoms. The molecule has 4 nitrogen and oxygen atoms in total. The summed E-state index contributed by atoms with van der Waals surface area (Å²) in [6.07, 6.45) is 2.94. The molecule has 0 aromatic carbocycles. The molecule has 1 amide bonds. The predicted octanol–water partition coefficient (Wildman–Crippen LogP) is 0.333. The van der Waals surface area contributed by atoms with Crippen molar-refractivity contribution >= 4 is 5.91 Å². The van der Waals surface area contributed by atoms with E-state index in [2.05, 4.69) is 12.2 Å². The number of ether oxygens (including phenoxy) is 1. The third-order valence-electron chi connectivity index (χ3n) is 3.28. The highest BCUT2D eigenvalue weighted by atomic mass is 16.5. The van der Waals surface area contributed by atoms with Gasteiger partial charge < -0.3 is 9.64 Å². The standard InChI is InChI=1S/C10H18N2O2/c1-8(3-6-14-2)12-7-11-10(4-5-10)9(12)13/h8,11H,3-7H2,1-2H3. The van der Waals surface area contributed by atoms with E-state index in [-0.39, 0.29) is 11.6 Å². The lowest BCUT2D eigenvalue weighted by Crippen LogP contribution is -2.38. The minimum atomic E-state index is -0.151. The van der Waals surface area contributed by atoms with Gasteiger partial charge in [0.1, 0.15) is 0 Å². The second kappa shape index (κ2) is 3.51. The van der Waals surface area contributed by atoms with Gasteiger partial charge in [-0.3, -0.25) is 10.1 Å². The van der Waals surface area contributed by atoms with Crippen LogP contribution in [0.4, 0.5) is 0 Å². The molecule has 14 heavy (non-hydrogen) atoms. The Kier molecular flexibility index (Phi) is 2.49. The molecular weight excluding hydrogens is 180 g/mol. The molecule has 1 aliphatic carbocycles. The van der Waals surface area contributed by atoms with E-state index in [1.54, 1.807) is 7.11 Å². The Labute approximate surface area is 84.6 Å². The van der Waals surface area contributed by atoms with Gasteiger partial charge in [0.25, 0.3) is 0 Å². The lowest BCUT2D eigenvalue weighted by Gasteiger charge is -2.23. The van der Waals surface area contributed by atoms with Crippen molar-refractivity contribution in [2.75, 3.05) is 20.4 Å². The fourth-order valence-corrected chi connectivity index (χ4v) is 1.97. The average Bonchev–Trinajstić information content (AvgIpc) is 2.88. The molecule has 0 bridgehead atoms. The predicted molar refractivity (Wildman–Crippen MR) is 52.8 cm³/mol. The van der Waals surface area contributed by atoms with E-state index in [9.17, 15) is 4.79 Å². The summed E-state index contributed by atoms with van der Waals surface area (Å²) >= 11 is 0. The number of carbonyl (C=O) groups is 1. The molecule has 1 saturated heterocycles. The Morgan fingerprint density at radius 1 is 1.64 bits per heavy atom. The number of nitrogens with zero attached hydrogens (tertiary/aromatic N) is 1. The van der Waals surface area contributed by atoms with Crippen LogP contribution in [0.15, 0.2) is 0 Å². The zero-order valence-corrected chi connectivity index (χ0v) is 8.88. The van der Waals surface area contributed by atoms with Crippen LogP contribution in [0.5, 0.6) is 0 Å². The number of nitrogens with one attached hydrogen (secondary N) is 1. The number of carbonyl (C=O) groups excluding carboxylic acids is 1. The zero-order chi connectivity index (χ0) is 10.2. The molecular formula is C10H18N2O2. The van der Waals surface area contributed by atoms with Gasteiger partial charge in [-0.15, -0.1) is 0 Å². The lowest BCUT2D eigenvalue weighted by atomic mass is 10.2. The molecule has 2 aliphatic rings. The van der Waals surface area contributed by atoms with Gasteiger partial charge in [-0.25, -0.2) is 0 Å². The lowest BCUT2D eigenvalue weighted by molar-refractivity contribution is -0.131. The van der Waals surface area contributed by atoms with E-state index in [1.165, 1.54) is 0 Å². The fourth-order valence-electron chi connectivity index (χ4n) is 1.97. The zero-order valence-electron chi connectivity index (χ0n) is 8.88. The monoisotopic (exact) mass is 198 g/mol. The smallest absolute Gasteiger partial charge is 0.244 e. The SMILES string of the molecule is COCCC(C)N1CNC2(CC2)C1=O. The summed E-state index contributed by atoms with van der Waals surface area (Å²) in [6, 6.07) is 0.287. The quantitative estimate of drug-likeness (QED) is 0.708. The normalized spacial score (nSPS) is 25.9. The molecule has 0 aromatic heterocycles. The second-order valence-corrected chi connectivity index (χ2v) is 4.32. The van der Waals surface area contributed by atoms with Crippen LogP contribution in [0.2, 0.25) is 0 Å². The summed E-state index contributed by atoms with van der Waals surface area (Å²) in [6.45, 7) is 3.52. The van der Waals surface area contributed by atoms with Crippen LogP contribution in [-0.2, 0) is 9.53 Å². The summed E-state index contributed by atoms with van der Waals surface area (Å²) in [5, 5.41) is 3.30. The number of amides is 1. The van der Waals surface area contributed by atoms with Crippen molar-refractivity contribution in [2.24, 2.45) is 0 Å². The summed E-state index contributed by atoms with van der Waals surface area (Å²) in [5.41, 5.74) is -0.151. The van der Waals surface area contributed by atoms with Crippen molar-refractivity contribution < 1.29 is 9.53 Å². The van der Waals surface area contributed by atoms with Crippen LogP contribution >= 0.6 is 0 Å². The van der Waals surface area contributed by atoms with Crippen molar-refractivity contribution in [1.29, 1.82) is 0 Å². The number of methoxy groups -OCH3 is 1. The van der Waals surface area contributed by atoms with Gasteiger partial charge in [0.05, 0.1) is 12.2 Å². The first kappa shape index (κ1) is 9.93. The van der Waals surface area contributed by atoms with E-state index < -0.39 is 0 Å². The third kappa shape index (κ3) is 1.53. The first-order chi connectivity index (χ1) is 6.69. The largest absolute Gasteiger partial charge is 0.385 e. The maximum atomic E-state index is 11.9. The Balaban J connectivity index is 1.89. The molecule has 1 aliphatic heterocycles. The molecule has 0 aromatic rings. The van der Waals surface area contributed by atoms with Gasteiger partial charge in [-0.1, -0.05) is 0 Å². The first-order valence-electron chi connectivity index (χ1n) is 5.25. The molecule has 1 atom stereocenters. The van der Waals surface area contributed by atoms with Gasteiger partial charge in [-0.05, 0) is 26.2 Å². The van der Waals surface area contributed by atoms with Crippen molar-refractivity contribution in [3.05, 3.63) is 0 Å². The molecule has 2 rings (SSSR count). The number of rotatable bonds is 4. The summed E-state index contributed by atoms with van der Waals surface area (Å²) < 4.78 is 5.02. The molecule has 0 radical (unpaired) electrons. The van der Waals surface area contributed by atoms with Crippen LogP contribution in [0.25, 0.3) is 0 Å². The van der Waals surface area contributed by atoms with Gasteiger partial charge >= 0.3 is 0 Å². The van der Waals surface area contributed by atoms with Gasteiger partial charge in [0, 0.05) is 19.8 Å². The van der Waals surface area contributed by atoms with E-state index in [1.807, 2.05) is 4.90 Å². The van der Waals surface area contributed by atoms with Crippen LogP contribution in [0.3, 0.4) is 0 Å². The molecule has 1 unspecified atom stereocenters. The Hall–Kier alpha value is -0.610. The number of hydrogen-bond acceptors (Lipinski definition) is 3. The average molecular weight is 198 g/mol. The molecule has 1 heterocycles. The van der Waals surface area contributed by atoms with Crippen molar-refractivity contribution in [2.45, 2.75) is 37.8 Å². The van der Waals surface area contributed by atoms with Gasteiger partial charge in [0.2, 0.25) is 5.91 Å². The summed E-state index contributed by atoms with van der Waals surface area (Å²) in [5.74, 6) is 0.293. The van der Waals surface area contributed by atoms with E-state index >= 15 is 0 Å². The number of hydrogen-bond donors (Lipinski definition) is 1. The molecule has 1 N–H and O–H groups in total. The highest BCUT2D eigenvalue weighted by Crippen LogP contribution is 2.40. The van der Waals surface area contributed by atoms with Crippen LogP contribution in [0, 0.1) is 0 Å². The van der Waals surface area contributed by atoms with Crippen LogP contribution < -0.4 is 5.32 Å². The minimum absolute atomic E-state index is 0.151. The van der Waals surface area contributed by atoms with E-state index in [0.717, 1.165) is 25.9 Å². The van der Waals surface area contributed by atoms with Gasteiger partial charge in [-0.2, -0.15) is 0 Å². The topological polar surface area (TPSA) is 41.6 Å². The highest BCUT2D eigenvalue weighted by Gasteiger charge is 2.56. The van der Waals surface area contributed by atoms with Gasteiger partial charge in [0.15, 0.2) is 0 Å². The van der Waals surface area contributed by atoms with Crippen LogP contribution in [0.1, 0.15) is 26.2 Å². The van der Waals surface area contributed by atoms with Crippen molar-refractivity contribution in [3.8, 4) is 0 Å².